The molecule has 0 aliphatic heterocycles. The highest BCUT2D eigenvalue weighted by Crippen LogP contribution is 2.26. The molecule has 5 heteroatoms. The molecule has 1 aromatic carbocycles. The number of hydrogen-bond acceptors (Lipinski definition) is 3. The molecular formula is C16H25ClN2O2. The predicted octanol–water partition coefficient (Wildman–Crippen LogP) is 3.13. The summed E-state index contributed by atoms with van der Waals surface area (Å²) in [6.45, 7) is 8.26. The predicted molar refractivity (Wildman–Crippen MR) is 86.8 cm³/mol. The Kier molecular flexibility index (Phi) is 8.16. The van der Waals surface area contributed by atoms with Crippen LogP contribution < -0.4 is 15.4 Å². The molecule has 1 rings (SSSR count). The van der Waals surface area contributed by atoms with Gasteiger partial charge in [-0.1, -0.05) is 31.5 Å². The number of nitrogens with one attached hydrogen (secondary N) is 2. The van der Waals surface area contributed by atoms with Crippen LogP contribution in [-0.2, 0) is 11.3 Å². The Bertz CT molecular complexity index is 452. The fourth-order valence-corrected chi connectivity index (χ4v) is 2.04. The average molecular weight is 313 g/mol. The Morgan fingerprint density at radius 2 is 2.00 bits per heavy atom. The summed E-state index contributed by atoms with van der Waals surface area (Å²) in [4.78, 5) is 11.8. The molecule has 0 heterocycles. The standard InChI is InChI=1S/C16H25ClN2O2/c1-4-8-18-11-13-6-7-15(14(17)10-13)21-12(3)16(20)19-9-5-2/h6-7,10,12,18H,4-5,8-9,11H2,1-3H3,(H,19,20). The lowest BCUT2D eigenvalue weighted by atomic mass is 10.2. The van der Waals surface area contributed by atoms with Crippen LogP contribution in [0.5, 0.6) is 5.75 Å². The third-order valence-electron chi connectivity index (χ3n) is 2.97. The summed E-state index contributed by atoms with van der Waals surface area (Å²) in [6.07, 6.45) is 1.44. The minimum Gasteiger partial charge on any atom is -0.479 e. The van der Waals surface area contributed by atoms with Gasteiger partial charge in [0.1, 0.15) is 5.75 Å². The molecule has 1 unspecified atom stereocenters. The molecule has 0 aliphatic carbocycles. The van der Waals surface area contributed by atoms with Crippen LogP contribution in [0.25, 0.3) is 0 Å². The largest absolute Gasteiger partial charge is 0.479 e. The summed E-state index contributed by atoms with van der Waals surface area (Å²) in [5.41, 5.74) is 1.10. The number of benzene rings is 1. The van der Waals surface area contributed by atoms with E-state index in [1.165, 1.54) is 0 Å². The number of amides is 1. The van der Waals surface area contributed by atoms with E-state index in [-0.39, 0.29) is 5.91 Å². The Labute approximate surface area is 132 Å². The zero-order valence-corrected chi connectivity index (χ0v) is 13.8. The van der Waals surface area contributed by atoms with E-state index in [0.29, 0.717) is 17.3 Å². The fourth-order valence-electron chi connectivity index (χ4n) is 1.80. The van der Waals surface area contributed by atoms with E-state index in [1.807, 2.05) is 25.1 Å². The minimum absolute atomic E-state index is 0.124. The van der Waals surface area contributed by atoms with Gasteiger partial charge in [-0.3, -0.25) is 4.79 Å². The van der Waals surface area contributed by atoms with Gasteiger partial charge in [0.05, 0.1) is 5.02 Å². The van der Waals surface area contributed by atoms with Gasteiger partial charge in [0.2, 0.25) is 0 Å². The second-order valence-corrected chi connectivity index (χ2v) is 5.40. The Morgan fingerprint density at radius 1 is 1.29 bits per heavy atom. The number of rotatable bonds is 9. The fraction of sp³-hybridized carbons (Fsp3) is 0.562. The first-order valence-electron chi connectivity index (χ1n) is 7.52. The van der Waals surface area contributed by atoms with Crippen LogP contribution in [0, 0.1) is 0 Å². The Hall–Kier alpha value is -1.26. The molecule has 0 saturated heterocycles. The number of halogens is 1. The molecular weight excluding hydrogens is 288 g/mol. The molecule has 21 heavy (non-hydrogen) atoms. The molecule has 4 nitrogen and oxygen atoms in total. The molecule has 0 bridgehead atoms. The van der Waals surface area contributed by atoms with Gasteiger partial charge in [0.15, 0.2) is 6.10 Å². The zero-order valence-electron chi connectivity index (χ0n) is 13.0. The molecule has 1 atom stereocenters. The van der Waals surface area contributed by atoms with Gasteiger partial charge in [-0.05, 0) is 44.0 Å². The van der Waals surface area contributed by atoms with Crippen molar-refractivity contribution in [3.63, 3.8) is 0 Å². The molecule has 0 aliphatic rings. The van der Waals surface area contributed by atoms with E-state index >= 15 is 0 Å². The van der Waals surface area contributed by atoms with Crippen LogP contribution in [0.4, 0.5) is 0 Å². The van der Waals surface area contributed by atoms with Crippen LogP contribution in [-0.4, -0.2) is 25.1 Å². The maximum Gasteiger partial charge on any atom is 0.260 e. The van der Waals surface area contributed by atoms with E-state index in [1.54, 1.807) is 6.92 Å². The van der Waals surface area contributed by atoms with Crippen molar-refractivity contribution in [1.82, 2.24) is 10.6 Å². The van der Waals surface area contributed by atoms with E-state index in [9.17, 15) is 4.79 Å². The van der Waals surface area contributed by atoms with Gasteiger partial charge >= 0.3 is 0 Å². The zero-order chi connectivity index (χ0) is 15.7. The Morgan fingerprint density at radius 3 is 2.62 bits per heavy atom. The third-order valence-corrected chi connectivity index (χ3v) is 3.27. The third kappa shape index (κ3) is 6.36. The van der Waals surface area contributed by atoms with Crippen molar-refractivity contribution in [2.24, 2.45) is 0 Å². The number of carbonyl (C=O) groups excluding carboxylic acids is 1. The van der Waals surface area contributed by atoms with Crippen LogP contribution in [0.2, 0.25) is 5.02 Å². The highest BCUT2D eigenvalue weighted by molar-refractivity contribution is 6.32. The van der Waals surface area contributed by atoms with E-state index in [4.69, 9.17) is 16.3 Å². The molecule has 2 N–H and O–H groups in total. The van der Waals surface area contributed by atoms with Crippen molar-refractivity contribution in [2.75, 3.05) is 13.1 Å². The summed E-state index contributed by atoms with van der Waals surface area (Å²) in [5.74, 6) is 0.414. The first kappa shape index (κ1) is 17.8. The van der Waals surface area contributed by atoms with Gasteiger partial charge < -0.3 is 15.4 Å². The van der Waals surface area contributed by atoms with Gasteiger partial charge in [0.25, 0.3) is 5.91 Å². The first-order chi connectivity index (χ1) is 10.1. The lowest BCUT2D eigenvalue weighted by molar-refractivity contribution is -0.127. The van der Waals surface area contributed by atoms with Gasteiger partial charge in [-0.15, -0.1) is 0 Å². The van der Waals surface area contributed by atoms with Crippen LogP contribution in [0.15, 0.2) is 18.2 Å². The molecule has 0 fully saturated rings. The lowest BCUT2D eigenvalue weighted by Gasteiger charge is -2.16. The number of ether oxygens (including phenoxy) is 1. The molecule has 0 spiro atoms. The molecule has 0 saturated carbocycles. The van der Waals surface area contributed by atoms with Crippen molar-refractivity contribution in [2.45, 2.75) is 46.3 Å². The second-order valence-electron chi connectivity index (χ2n) is 4.99. The van der Waals surface area contributed by atoms with Gasteiger partial charge in [-0.25, -0.2) is 0 Å². The Balaban J connectivity index is 2.57. The van der Waals surface area contributed by atoms with E-state index in [0.717, 1.165) is 31.5 Å². The van der Waals surface area contributed by atoms with Crippen molar-refractivity contribution in [1.29, 1.82) is 0 Å². The average Bonchev–Trinajstić information content (AvgIpc) is 2.47. The summed E-state index contributed by atoms with van der Waals surface area (Å²) >= 11 is 6.21. The quantitative estimate of drug-likeness (QED) is 0.689. The SMILES string of the molecule is CCCNCc1ccc(OC(C)C(=O)NCCC)c(Cl)c1. The van der Waals surface area contributed by atoms with Crippen molar-refractivity contribution >= 4 is 17.5 Å². The van der Waals surface area contributed by atoms with Crippen molar-refractivity contribution in [3.8, 4) is 5.75 Å². The highest BCUT2D eigenvalue weighted by atomic mass is 35.5. The topological polar surface area (TPSA) is 50.4 Å². The van der Waals surface area contributed by atoms with Crippen molar-refractivity contribution in [3.05, 3.63) is 28.8 Å². The molecule has 0 aromatic heterocycles. The van der Waals surface area contributed by atoms with Crippen LogP contribution in [0.3, 0.4) is 0 Å². The monoisotopic (exact) mass is 312 g/mol. The summed E-state index contributed by atoms with van der Waals surface area (Å²) < 4.78 is 5.62. The molecule has 1 aromatic rings. The summed E-state index contributed by atoms with van der Waals surface area (Å²) in [7, 11) is 0. The van der Waals surface area contributed by atoms with Crippen molar-refractivity contribution < 1.29 is 9.53 Å². The number of carbonyl (C=O) groups is 1. The van der Waals surface area contributed by atoms with Gasteiger partial charge in [0, 0.05) is 13.1 Å². The normalized spacial score (nSPS) is 12.0. The maximum atomic E-state index is 11.8. The minimum atomic E-state index is -0.557. The summed E-state index contributed by atoms with van der Waals surface area (Å²) in [6, 6.07) is 5.64. The molecule has 118 valence electrons. The molecule has 1 amide bonds. The second kappa shape index (κ2) is 9.64. The van der Waals surface area contributed by atoms with E-state index < -0.39 is 6.10 Å². The summed E-state index contributed by atoms with van der Waals surface area (Å²) in [5, 5.41) is 6.65. The highest BCUT2D eigenvalue weighted by Gasteiger charge is 2.15. The molecule has 0 radical (unpaired) electrons. The number of hydrogen-bond donors (Lipinski definition) is 2. The first-order valence-corrected chi connectivity index (χ1v) is 7.89. The maximum absolute atomic E-state index is 11.8. The van der Waals surface area contributed by atoms with E-state index in [2.05, 4.69) is 17.6 Å². The van der Waals surface area contributed by atoms with Crippen LogP contribution in [0.1, 0.15) is 39.2 Å². The van der Waals surface area contributed by atoms with Crippen LogP contribution >= 0.6 is 11.6 Å². The van der Waals surface area contributed by atoms with Gasteiger partial charge in [-0.2, -0.15) is 0 Å². The smallest absolute Gasteiger partial charge is 0.260 e. The lowest BCUT2D eigenvalue weighted by Crippen LogP contribution is -2.36.